The number of aryl methyl sites for hydroxylation is 1. The highest BCUT2D eigenvalue weighted by Gasteiger charge is 2.19. The first-order chi connectivity index (χ1) is 18.4. The Balaban J connectivity index is 1.60. The van der Waals surface area contributed by atoms with E-state index in [1.54, 1.807) is 20.3 Å². The maximum Gasteiger partial charge on any atom is 0.340 e. The molecule has 0 saturated carbocycles. The summed E-state index contributed by atoms with van der Waals surface area (Å²) in [6, 6.07) is 18.5. The molecule has 4 rings (SSSR count). The molecule has 0 amide bonds. The van der Waals surface area contributed by atoms with Gasteiger partial charge in [0, 0.05) is 23.4 Å². The van der Waals surface area contributed by atoms with Crippen LogP contribution in [0.3, 0.4) is 0 Å². The number of ether oxygens (including phenoxy) is 4. The fourth-order valence-corrected chi connectivity index (χ4v) is 4.14. The Labute approximate surface area is 221 Å². The number of hydrogen-bond donors (Lipinski definition) is 0. The first-order valence-electron chi connectivity index (χ1n) is 12.3. The predicted molar refractivity (Wildman–Crippen MR) is 146 cm³/mol. The summed E-state index contributed by atoms with van der Waals surface area (Å²) in [7, 11) is 3.21. The van der Waals surface area contributed by atoms with Gasteiger partial charge in [0.1, 0.15) is 29.4 Å². The number of benzene rings is 3. The van der Waals surface area contributed by atoms with Crippen molar-refractivity contribution < 1.29 is 28.2 Å². The van der Waals surface area contributed by atoms with E-state index >= 15 is 0 Å². The topological polar surface area (TPSA) is 84.2 Å². The summed E-state index contributed by atoms with van der Waals surface area (Å²) >= 11 is 0. The minimum Gasteiger partial charge on any atom is -0.497 e. The minimum absolute atomic E-state index is 0.112. The third kappa shape index (κ3) is 6.06. The third-order valence-electron chi connectivity index (χ3n) is 6.24. The normalized spacial score (nSPS) is 11.1. The molecule has 0 radical (unpaired) electrons. The van der Waals surface area contributed by atoms with Crippen LogP contribution in [0.5, 0.6) is 17.2 Å². The van der Waals surface area contributed by atoms with E-state index in [1.807, 2.05) is 74.5 Å². The largest absolute Gasteiger partial charge is 0.497 e. The molecule has 0 bridgehead atoms. The number of methoxy groups -OCH3 is 2. The molecule has 0 unspecified atom stereocenters. The molecule has 7 nitrogen and oxygen atoms in total. The van der Waals surface area contributed by atoms with Crippen molar-refractivity contribution in [3.8, 4) is 17.2 Å². The molecule has 4 aromatic rings. The Morgan fingerprint density at radius 2 is 1.55 bits per heavy atom. The van der Waals surface area contributed by atoms with Crippen molar-refractivity contribution in [2.24, 2.45) is 0 Å². The molecular formula is C31H30O7. The van der Waals surface area contributed by atoms with Crippen LogP contribution in [-0.2, 0) is 22.6 Å². The average molecular weight is 515 g/mol. The average Bonchev–Trinajstić information content (AvgIpc) is 2.94. The Kier molecular flexibility index (Phi) is 8.48. The van der Waals surface area contributed by atoms with E-state index in [-0.39, 0.29) is 6.61 Å². The summed E-state index contributed by atoms with van der Waals surface area (Å²) in [5.74, 6) is 1.44. The zero-order valence-electron chi connectivity index (χ0n) is 21.9. The number of carbonyl (C=O) groups is 1. The molecule has 0 atom stereocenters. The molecule has 0 saturated heterocycles. The molecule has 0 aliphatic heterocycles. The lowest BCUT2D eigenvalue weighted by molar-refractivity contribution is -0.138. The molecule has 1 aromatic heterocycles. The highest BCUT2D eigenvalue weighted by Crippen LogP contribution is 2.31. The summed E-state index contributed by atoms with van der Waals surface area (Å²) in [6.45, 7) is 4.05. The van der Waals surface area contributed by atoms with E-state index in [0.29, 0.717) is 35.5 Å². The molecule has 0 spiro atoms. The molecule has 1 heterocycles. The van der Waals surface area contributed by atoms with Crippen LogP contribution in [0.1, 0.15) is 34.7 Å². The number of carbonyl (C=O) groups excluding carboxylic acids is 1. The van der Waals surface area contributed by atoms with Gasteiger partial charge in [-0.05, 0) is 73.0 Å². The molecule has 3 aromatic carbocycles. The van der Waals surface area contributed by atoms with Gasteiger partial charge < -0.3 is 23.4 Å². The van der Waals surface area contributed by atoms with Crippen molar-refractivity contribution in [2.45, 2.75) is 26.9 Å². The van der Waals surface area contributed by atoms with Crippen LogP contribution >= 0.6 is 0 Å². The maximum absolute atomic E-state index is 13.1. The summed E-state index contributed by atoms with van der Waals surface area (Å²) in [5, 5.41) is 0.761. The van der Waals surface area contributed by atoms with E-state index in [1.165, 1.54) is 6.08 Å². The first-order valence-corrected chi connectivity index (χ1v) is 12.3. The van der Waals surface area contributed by atoms with Crippen LogP contribution in [-0.4, -0.2) is 26.8 Å². The van der Waals surface area contributed by atoms with Gasteiger partial charge in [0.2, 0.25) is 0 Å². The molecule has 0 aliphatic carbocycles. The molecule has 196 valence electrons. The quantitative estimate of drug-likeness (QED) is 0.149. The van der Waals surface area contributed by atoms with Crippen molar-refractivity contribution in [1.29, 1.82) is 0 Å². The second-order valence-corrected chi connectivity index (χ2v) is 8.58. The van der Waals surface area contributed by atoms with Crippen molar-refractivity contribution in [3.05, 3.63) is 105 Å². The predicted octanol–water partition coefficient (Wildman–Crippen LogP) is 5.86. The lowest BCUT2D eigenvalue weighted by Gasteiger charge is -2.15. The Morgan fingerprint density at radius 1 is 0.895 bits per heavy atom. The SMILES string of the molecule is CCOc1ccc2c(C)c(Cc3ccc(OC)cc3)c(=O)oc2c1COC(=O)/C=C/c1ccc(OC)cc1. The molecule has 0 N–H and O–H groups in total. The van der Waals surface area contributed by atoms with Gasteiger partial charge in [0.25, 0.3) is 0 Å². The van der Waals surface area contributed by atoms with Crippen LogP contribution in [0.2, 0.25) is 0 Å². The Hall–Kier alpha value is -4.52. The number of fused-ring (bicyclic) bond motifs is 1. The molecular weight excluding hydrogens is 484 g/mol. The van der Waals surface area contributed by atoms with Gasteiger partial charge >= 0.3 is 11.6 Å². The summed E-state index contributed by atoms with van der Waals surface area (Å²) in [4.78, 5) is 25.6. The lowest BCUT2D eigenvalue weighted by Crippen LogP contribution is -2.12. The zero-order valence-corrected chi connectivity index (χ0v) is 21.9. The minimum atomic E-state index is -0.532. The Morgan fingerprint density at radius 3 is 2.18 bits per heavy atom. The fourth-order valence-electron chi connectivity index (χ4n) is 4.14. The highest BCUT2D eigenvalue weighted by atomic mass is 16.5. The smallest absolute Gasteiger partial charge is 0.340 e. The number of esters is 1. The molecule has 0 aliphatic rings. The van der Waals surface area contributed by atoms with Crippen LogP contribution in [0.15, 0.2) is 76.0 Å². The highest BCUT2D eigenvalue weighted by molar-refractivity contribution is 5.88. The summed E-state index contributed by atoms with van der Waals surface area (Å²) < 4.78 is 27.5. The number of rotatable bonds is 10. The standard InChI is InChI=1S/C31H30O7/c1-5-36-28-16-15-25-20(2)26(18-22-8-13-24(35-4)14-9-22)31(33)38-30(25)27(28)19-37-29(32)17-10-21-6-11-23(34-3)12-7-21/h6-17H,5,18-19H2,1-4H3/b17-10+. The van der Waals surface area contributed by atoms with E-state index in [4.69, 9.17) is 23.4 Å². The third-order valence-corrected chi connectivity index (χ3v) is 6.24. The van der Waals surface area contributed by atoms with Gasteiger partial charge in [0.15, 0.2) is 0 Å². The lowest BCUT2D eigenvalue weighted by atomic mass is 9.98. The first kappa shape index (κ1) is 26.5. The van der Waals surface area contributed by atoms with Gasteiger partial charge in [-0.1, -0.05) is 24.3 Å². The monoisotopic (exact) mass is 514 g/mol. The summed E-state index contributed by atoms with van der Waals surface area (Å²) in [5.41, 5.74) is 3.58. The van der Waals surface area contributed by atoms with Crippen LogP contribution < -0.4 is 19.8 Å². The van der Waals surface area contributed by atoms with Crippen LogP contribution in [0, 0.1) is 6.92 Å². The molecule has 38 heavy (non-hydrogen) atoms. The van der Waals surface area contributed by atoms with Gasteiger partial charge in [-0.15, -0.1) is 0 Å². The van der Waals surface area contributed by atoms with Crippen molar-refractivity contribution in [2.75, 3.05) is 20.8 Å². The Bertz CT molecular complexity index is 1500. The van der Waals surface area contributed by atoms with Gasteiger partial charge in [-0.25, -0.2) is 9.59 Å². The van der Waals surface area contributed by atoms with E-state index in [0.717, 1.165) is 33.6 Å². The van der Waals surface area contributed by atoms with Crippen LogP contribution in [0.4, 0.5) is 0 Å². The van der Waals surface area contributed by atoms with Gasteiger partial charge in [-0.2, -0.15) is 0 Å². The molecule has 7 heteroatoms. The van der Waals surface area contributed by atoms with E-state index < -0.39 is 11.6 Å². The maximum atomic E-state index is 13.1. The van der Waals surface area contributed by atoms with E-state index in [9.17, 15) is 9.59 Å². The zero-order chi connectivity index (χ0) is 27.1. The van der Waals surface area contributed by atoms with Crippen molar-refractivity contribution in [1.82, 2.24) is 0 Å². The second kappa shape index (κ2) is 12.1. The van der Waals surface area contributed by atoms with E-state index in [2.05, 4.69) is 0 Å². The van der Waals surface area contributed by atoms with Crippen molar-refractivity contribution >= 4 is 23.0 Å². The van der Waals surface area contributed by atoms with Gasteiger partial charge in [-0.3, -0.25) is 0 Å². The fraction of sp³-hybridized carbons (Fsp3) is 0.226. The summed E-state index contributed by atoms with van der Waals surface area (Å²) in [6.07, 6.45) is 3.42. The van der Waals surface area contributed by atoms with Crippen molar-refractivity contribution in [3.63, 3.8) is 0 Å². The van der Waals surface area contributed by atoms with Gasteiger partial charge in [0.05, 0.1) is 26.4 Å². The van der Waals surface area contributed by atoms with Crippen LogP contribution in [0.25, 0.3) is 17.0 Å². The number of hydrogen-bond acceptors (Lipinski definition) is 7. The second-order valence-electron chi connectivity index (χ2n) is 8.58. The molecule has 0 fully saturated rings.